The van der Waals surface area contributed by atoms with Crippen LogP contribution in [-0.2, 0) is 19.1 Å². The predicted octanol–water partition coefficient (Wildman–Crippen LogP) is 2.30. The van der Waals surface area contributed by atoms with Crippen LogP contribution < -0.4 is 5.32 Å². The second kappa shape index (κ2) is 11.4. The highest BCUT2D eigenvalue weighted by atomic mass is 16.6. The molecule has 0 aliphatic rings. The van der Waals surface area contributed by atoms with Crippen molar-refractivity contribution in [3.8, 4) is 0 Å². The first kappa shape index (κ1) is 25.0. The number of aliphatic carboxylic acids is 1. The standard InChI is InChI=1S/C22H22N2O9/c1-3-33-18(25)12-17(13-7-9-16(10-8-13)24(30)31)19(21(27)28)23-20(26)14-5-4-6-15(11-14)22(29)32-2/h4-11,17,19H,3,12H2,1-2H3,(H,23,26)(H,27,28)/t17-,19-/m1/s1. The van der Waals surface area contributed by atoms with Crippen LogP contribution in [0.3, 0.4) is 0 Å². The van der Waals surface area contributed by atoms with Crippen molar-refractivity contribution < 1.29 is 38.7 Å². The van der Waals surface area contributed by atoms with Gasteiger partial charge in [0.05, 0.1) is 30.6 Å². The van der Waals surface area contributed by atoms with Crippen molar-refractivity contribution in [1.29, 1.82) is 0 Å². The van der Waals surface area contributed by atoms with Crippen molar-refractivity contribution in [3.05, 3.63) is 75.3 Å². The first-order chi connectivity index (χ1) is 15.7. The Labute approximate surface area is 188 Å². The fourth-order valence-electron chi connectivity index (χ4n) is 3.14. The van der Waals surface area contributed by atoms with Crippen molar-refractivity contribution in [2.75, 3.05) is 13.7 Å². The van der Waals surface area contributed by atoms with Crippen LogP contribution in [0.1, 0.15) is 45.5 Å². The van der Waals surface area contributed by atoms with Crippen molar-refractivity contribution >= 4 is 29.5 Å². The quantitative estimate of drug-likeness (QED) is 0.309. The zero-order chi connectivity index (χ0) is 24.5. The molecule has 1 amide bonds. The Hall–Kier alpha value is -4.28. The highest BCUT2D eigenvalue weighted by Gasteiger charge is 2.34. The van der Waals surface area contributed by atoms with Crippen LogP contribution in [0.15, 0.2) is 48.5 Å². The normalized spacial score (nSPS) is 12.2. The Morgan fingerprint density at radius 2 is 1.73 bits per heavy atom. The fraction of sp³-hybridized carbons (Fsp3) is 0.273. The van der Waals surface area contributed by atoms with Gasteiger partial charge in [0.25, 0.3) is 11.6 Å². The van der Waals surface area contributed by atoms with E-state index < -0.39 is 47.1 Å². The minimum absolute atomic E-state index is 0.00253. The summed E-state index contributed by atoms with van der Waals surface area (Å²) in [4.78, 5) is 59.0. The molecule has 0 spiro atoms. The maximum Gasteiger partial charge on any atom is 0.337 e. The molecular formula is C22H22N2O9. The zero-order valence-corrected chi connectivity index (χ0v) is 17.8. The molecule has 2 atom stereocenters. The SMILES string of the molecule is CCOC(=O)C[C@H](c1ccc([N+](=O)[O-])cc1)[C@@H](NC(=O)c1cccc(C(=O)OC)c1)C(=O)O. The first-order valence-corrected chi connectivity index (χ1v) is 9.80. The molecule has 0 saturated heterocycles. The number of benzene rings is 2. The molecule has 11 nitrogen and oxygen atoms in total. The monoisotopic (exact) mass is 458 g/mol. The van der Waals surface area contributed by atoms with E-state index in [4.69, 9.17) is 4.74 Å². The number of nitro benzene ring substituents is 1. The van der Waals surface area contributed by atoms with Gasteiger partial charge in [-0.1, -0.05) is 18.2 Å². The first-order valence-electron chi connectivity index (χ1n) is 9.80. The van der Waals surface area contributed by atoms with Crippen LogP contribution in [0.25, 0.3) is 0 Å². The van der Waals surface area contributed by atoms with Crippen molar-refractivity contribution in [3.63, 3.8) is 0 Å². The van der Waals surface area contributed by atoms with Crippen molar-refractivity contribution in [2.24, 2.45) is 0 Å². The number of carboxylic acid groups (broad SMARTS) is 1. The number of hydrogen-bond acceptors (Lipinski definition) is 8. The second-order valence-corrected chi connectivity index (χ2v) is 6.83. The summed E-state index contributed by atoms with van der Waals surface area (Å²) in [7, 11) is 1.18. The van der Waals surface area contributed by atoms with E-state index in [-0.39, 0.29) is 29.0 Å². The lowest BCUT2D eigenvalue weighted by molar-refractivity contribution is -0.384. The number of carbonyl (C=O) groups excluding carboxylic acids is 3. The van der Waals surface area contributed by atoms with Gasteiger partial charge in [-0.2, -0.15) is 0 Å². The molecule has 2 N–H and O–H groups in total. The number of amides is 1. The number of ether oxygens (including phenoxy) is 2. The number of nitrogens with one attached hydrogen (secondary N) is 1. The van der Waals surface area contributed by atoms with Gasteiger partial charge in [0.1, 0.15) is 6.04 Å². The molecule has 0 aliphatic carbocycles. The molecule has 0 radical (unpaired) electrons. The van der Waals surface area contributed by atoms with Crippen LogP contribution in [-0.4, -0.2) is 53.6 Å². The van der Waals surface area contributed by atoms with Gasteiger partial charge in [-0.3, -0.25) is 19.7 Å². The number of carboxylic acids is 1. The highest BCUT2D eigenvalue weighted by molar-refractivity contribution is 5.99. The number of non-ortho nitro benzene ring substituents is 1. The number of esters is 2. The third-order valence-electron chi connectivity index (χ3n) is 4.72. The molecule has 2 rings (SSSR count). The van der Waals surface area contributed by atoms with E-state index in [1.54, 1.807) is 6.92 Å². The molecule has 2 aromatic rings. The summed E-state index contributed by atoms with van der Waals surface area (Å²) in [5, 5.41) is 23.1. The molecule has 0 fully saturated rings. The summed E-state index contributed by atoms with van der Waals surface area (Å²) in [6.45, 7) is 1.65. The lowest BCUT2D eigenvalue weighted by Gasteiger charge is -2.25. The van der Waals surface area contributed by atoms with Gasteiger partial charge in [0.15, 0.2) is 0 Å². The Morgan fingerprint density at radius 1 is 1.09 bits per heavy atom. The average Bonchev–Trinajstić information content (AvgIpc) is 2.80. The van der Waals surface area contributed by atoms with Crippen LogP contribution in [0.2, 0.25) is 0 Å². The maximum atomic E-state index is 12.8. The van der Waals surface area contributed by atoms with E-state index >= 15 is 0 Å². The minimum Gasteiger partial charge on any atom is -0.480 e. The van der Waals surface area contributed by atoms with Crippen LogP contribution in [0.4, 0.5) is 5.69 Å². The lowest BCUT2D eigenvalue weighted by Crippen LogP contribution is -2.45. The third kappa shape index (κ3) is 6.60. The Balaban J connectivity index is 2.39. The highest BCUT2D eigenvalue weighted by Crippen LogP contribution is 2.27. The summed E-state index contributed by atoms with van der Waals surface area (Å²) in [5.74, 6) is -4.70. The van der Waals surface area contributed by atoms with Crippen molar-refractivity contribution in [2.45, 2.75) is 25.3 Å². The van der Waals surface area contributed by atoms with Gasteiger partial charge in [0.2, 0.25) is 0 Å². The number of rotatable bonds is 10. The number of carbonyl (C=O) groups is 4. The van der Waals surface area contributed by atoms with Gasteiger partial charge in [0, 0.05) is 23.6 Å². The second-order valence-electron chi connectivity index (χ2n) is 6.83. The minimum atomic E-state index is -1.58. The maximum absolute atomic E-state index is 12.8. The van der Waals surface area contributed by atoms with Gasteiger partial charge in [-0.05, 0) is 30.7 Å². The molecule has 0 bridgehead atoms. The Bertz CT molecular complexity index is 1050. The summed E-state index contributed by atoms with van der Waals surface area (Å²) in [6.07, 6.45) is -0.398. The summed E-state index contributed by atoms with van der Waals surface area (Å²) >= 11 is 0. The smallest absolute Gasteiger partial charge is 0.337 e. The van der Waals surface area contributed by atoms with E-state index in [0.717, 1.165) is 0 Å². The topological polar surface area (TPSA) is 162 Å². The largest absolute Gasteiger partial charge is 0.480 e. The van der Waals surface area contributed by atoms with Gasteiger partial charge < -0.3 is 19.9 Å². The van der Waals surface area contributed by atoms with E-state index in [0.29, 0.717) is 0 Å². The van der Waals surface area contributed by atoms with E-state index in [1.807, 2.05) is 0 Å². The molecule has 0 aromatic heterocycles. The number of hydrogen-bond donors (Lipinski definition) is 2. The van der Waals surface area contributed by atoms with E-state index in [9.17, 15) is 34.4 Å². The molecule has 11 heteroatoms. The van der Waals surface area contributed by atoms with Crippen LogP contribution in [0.5, 0.6) is 0 Å². The van der Waals surface area contributed by atoms with E-state index in [1.165, 1.54) is 55.6 Å². The summed E-state index contributed by atoms with van der Waals surface area (Å²) in [5.41, 5.74) is 0.159. The molecule has 174 valence electrons. The fourth-order valence-corrected chi connectivity index (χ4v) is 3.14. The van der Waals surface area contributed by atoms with Crippen LogP contribution >= 0.6 is 0 Å². The Morgan fingerprint density at radius 3 is 2.27 bits per heavy atom. The molecule has 0 unspecified atom stereocenters. The molecule has 2 aromatic carbocycles. The van der Waals surface area contributed by atoms with Crippen LogP contribution in [0, 0.1) is 10.1 Å². The average molecular weight is 458 g/mol. The number of methoxy groups -OCH3 is 1. The molecule has 33 heavy (non-hydrogen) atoms. The summed E-state index contributed by atoms with van der Waals surface area (Å²) in [6, 6.07) is 8.90. The molecule has 0 heterocycles. The molecule has 0 saturated carbocycles. The predicted molar refractivity (Wildman–Crippen MR) is 114 cm³/mol. The van der Waals surface area contributed by atoms with Crippen molar-refractivity contribution in [1.82, 2.24) is 5.32 Å². The van der Waals surface area contributed by atoms with Gasteiger partial charge in [-0.15, -0.1) is 0 Å². The molecular weight excluding hydrogens is 436 g/mol. The van der Waals surface area contributed by atoms with Gasteiger partial charge in [-0.25, -0.2) is 9.59 Å². The third-order valence-corrected chi connectivity index (χ3v) is 4.72. The summed E-state index contributed by atoms with van der Waals surface area (Å²) < 4.78 is 9.54. The molecule has 0 aliphatic heterocycles. The zero-order valence-electron chi connectivity index (χ0n) is 17.8. The lowest BCUT2D eigenvalue weighted by atomic mass is 9.88. The number of nitro groups is 1. The van der Waals surface area contributed by atoms with Gasteiger partial charge >= 0.3 is 17.9 Å². The Kier molecular flexibility index (Phi) is 8.61. The number of nitrogens with zero attached hydrogens (tertiary/aromatic N) is 1. The van der Waals surface area contributed by atoms with E-state index in [2.05, 4.69) is 10.1 Å².